The molecule has 0 aromatic heterocycles. The Balaban J connectivity index is 0.00000576. The topological polar surface area (TPSA) is 12.0 Å². The standard InChI is InChI=1S/C21H35Cl2N.ClH/c1-4-5-6-7-8-9-10-11-12-13-16-24-21(2,3)18-14-15-19(22)20(23)17-18;/h14-15,17,24H,4-13,16H2,1-3H3;1H. The van der Waals surface area contributed by atoms with E-state index in [0.717, 1.165) is 6.54 Å². The molecule has 1 aromatic carbocycles. The van der Waals surface area contributed by atoms with E-state index in [4.69, 9.17) is 23.2 Å². The fraction of sp³-hybridized carbons (Fsp3) is 0.714. The summed E-state index contributed by atoms with van der Waals surface area (Å²) in [6.45, 7) is 7.71. The molecule has 0 atom stereocenters. The number of rotatable bonds is 13. The van der Waals surface area contributed by atoms with E-state index in [1.165, 1.54) is 69.8 Å². The Kier molecular flexibility index (Phi) is 14.2. The van der Waals surface area contributed by atoms with Crippen LogP contribution in [0.1, 0.15) is 90.5 Å². The summed E-state index contributed by atoms with van der Waals surface area (Å²) < 4.78 is 0. The van der Waals surface area contributed by atoms with Gasteiger partial charge in [0.15, 0.2) is 0 Å². The molecule has 146 valence electrons. The minimum atomic E-state index is -0.0759. The van der Waals surface area contributed by atoms with Crippen molar-refractivity contribution in [2.24, 2.45) is 0 Å². The summed E-state index contributed by atoms with van der Waals surface area (Å²) in [5, 5.41) is 4.89. The van der Waals surface area contributed by atoms with Gasteiger partial charge in [-0.25, -0.2) is 0 Å². The van der Waals surface area contributed by atoms with Crippen molar-refractivity contribution in [3.63, 3.8) is 0 Å². The predicted octanol–water partition coefficient (Wildman–Crippen LogP) is 8.16. The highest BCUT2D eigenvalue weighted by atomic mass is 35.5. The van der Waals surface area contributed by atoms with Crippen LogP contribution in [0.15, 0.2) is 18.2 Å². The normalized spacial score (nSPS) is 11.4. The minimum absolute atomic E-state index is 0. The van der Waals surface area contributed by atoms with Crippen molar-refractivity contribution in [2.75, 3.05) is 6.54 Å². The monoisotopic (exact) mass is 407 g/mol. The zero-order valence-corrected chi connectivity index (χ0v) is 18.5. The molecule has 0 unspecified atom stereocenters. The zero-order valence-electron chi connectivity index (χ0n) is 16.2. The largest absolute Gasteiger partial charge is 0.308 e. The van der Waals surface area contributed by atoms with Crippen LogP contribution in [-0.4, -0.2) is 6.54 Å². The van der Waals surface area contributed by atoms with Gasteiger partial charge in [0.25, 0.3) is 0 Å². The lowest BCUT2D eigenvalue weighted by Crippen LogP contribution is -2.37. The van der Waals surface area contributed by atoms with Crippen LogP contribution in [0.5, 0.6) is 0 Å². The molecular weight excluding hydrogens is 373 g/mol. The van der Waals surface area contributed by atoms with Gasteiger partial charge in [-0.2, -0.15) is 0 Å². The zero-order chi connectivity index (χ0) is 17.8. The van der Waals surface area contributed by atoms with Crippen molar-refractivity contribution < 1.29 is 0 Å². The van der Waals surface area contributed by atoms with E-state index < -0.39 is 0 Å². The van der Waals surface area contributed by atoms with E-state index in [1.807, 2.05) is 12.1 Å². The number of benzene rings is 1. The SMILES string of the molecule is CCCCCCCCCCCCNC(C)(C)c1ccc(Cl)c(Cl)c1.Cl. The van der Waals surface area contributed by atoms with Gasteiger partial charge in [-0.3, -0.25) is 0 Å². The first-order valence-corrected chi connectivity index (χ1v) is 10.4. The quantitative estimate of drug-likeness (QED) is 0.324. The van der Waals surface area contributed by atoms with Gasteiger partial charge >= 0.3 is 0 Å². The van der Waals surface area contributed by atoms with Gasteiger partial charge < -0.3 is 5.32 Å². The lowest BCUT2D eigenvalue weighted by atomic mass is 9.94. The maximum Gasteiger partial charge on any atom is 0.0595 e. The van der Waals surface area contributed by atoms with Crippen molar-refractivity contribution in [3.05, 3.63) is 33.8 Å². The van der Waals surface area contributed by atoms with E-state index in [-0.39, 0.29) is 17.9 Å². The second-order valence-corrected chi connectivity index (χ2v) is 8.18. The Hall–Kier alpha value is 0.0500. The van der Waals surface area contributed by atoms with Crippen LogP contribution in [0.4, 0.5) is 0 Å². The third-order valence-electron chi connectivity index (χ3n) is 4.74. The van der Waals surface area contributed by atoms with Crippen molar-refractivity contribution in [3.8, 4) is 0 Å². The maximum absolute atomic E-state index is 6.13. The van der Waals surface area contributed by atoms with E-state index in [2.05, 4.69) is 32.2 Å². The molecular formula is C21H36Cl3N. The molecule has 0 aliphatic heterocycles. The van der Waals surface area contributed by atoms with Gasteiger partial charge in [0.2, 0.25) is 0 Å². The molecule has 1 rings (SSSR count). The van der Waals surface area contributed by atoms with Crippen LogP contribution >= 0.6 is 35.6 Å². The molecule has 1 aromatic rings. The van der Waals surface area contributed by atoms with E-state index in [0.29, 0.717) is 10.0 Å². The van der Waals surface area contributed by atoms with Crippen LogP contribution in [0, 0.1) is 0 Å². The number of hydrogen-bond acceptors (Lipinski definition) is 1. The summed E-state index contributed by atoms with van der Waals surface area (Å²) in [6, 6.07) is 5.90. The van der Waals surface area contributed by atoms with Crippen molar-refractivity contribution in [1.82, 2.24) is 5.32 Å². The first kappa shape index (κ1) is 25.1. The first-order chi connectivity index (χ1) is 11.5. The van der Waals surface area contributed by atoms with E-state index in [1.54, 1.807) is 0 Å². The van der Waals surface area contributed by atoms with Gasteiger partial charge in [-0.1, -0.05) is 94.0 Å². The first-order valence-electron chi connectivity index (χ1n) is 9.68. The van der Waals surface area contributed by atoms with Crippen LogP contribution in [0.3, 0.4) is 0 Å². The smallest absolute Gasteiger partial charge is 0.0595 e. The van der Waals surface area contributed by atoms with Gasteiger partial charge in [-0.15, -0.1) is 12.4 Å². The van der Waals surface area contributed by atoms with Gasteiger partial charge in [0, 0.05) is 5.54 Å². The van der Waals surface area contributed by atoms with E-state index in [9.17, 15) is 0 Å². The summed E-state index contributed by atoms with van der Waals surface area (Å²) in [5.41, 5.74) is 1.11. The number of hydrogen-bond donors (Lipinski definition) is 1. The van der Waals surface area contributed by atoms with Crippen LogP contribution < -0.4 is 5.32 Å². The highest BCUT2D eigenvalue weighted by Crippen LogP contribution is 2.28. The highest BCUT2D eigenvalue weighted by molar-refractivity contribution is 6.42. The van der Waals surface area contributed by atoms with Gasteiger partial charge in [0.05, 0.1) is 10.0 Å². The molecule has 0 aliphatic rings. The Bertz CT molecular complexity index is 460. The molecule has 0 radical (unpaired) electrons. The lowest BCUT2D eigenvalue weighted by Gasteiger charge is -2.27. The van der Waals surface area contributed by atoms with E-state index >= 15 is 0 Å². The Morgan fingerprint density at radius 1 is 0.800 bits per heavy atom. The maximum atomic E-state index is 6.13. The minimum Gasteiger partial charge on any atom is -0.308 e. The third-order valence-corrected chi connectivity index (χ3v) is 5.48. The average molecular weight is 409 g/mol. The fourth-order valence-electron chi connectivity index (χ4n) is 3.00. The number of unbranched alkanes of at least 4 members (excludes halogenated alkanes) is 9. The Morgan fingerprint density at radius 3 is 1.84 bits per heavy atom. The van der Waals surface area contributed by atoms with Crippen LogP contribution in [0.2, 0.25) is 10.0 Å². The van der Waals surface area contributed by atoms with Crippen molar-refractivity contribution in [1.29, 1.82) is 0 Å². The molecule has 0 saturated carbocycles. The Labute approximate surface area is 171 Å². The lowest BCUT2D eigenvalue weighted by molar-refractivity contribution is 0.394. The summed E-state index contributed by atoms with van der Waals surface area (Å²) in [7, 11) is 0. The van der Waals surface area contributed by atoms with Gasteiger partial charge in [0.1, 0.15) is 0 Å². The van der Waals surface area contributed by atoms with Crippen LogP contribution in [0.25, 0.3) is 0 Å². The molecule has 0 spiro atoms. The summed E-state index contributed by atoms with van der Waals surface area (Å²) in [6.07, 6.45) is 13.7. The fourth-order valence-corrected chi connectivity index (χ4v) is 3.30. The van der Waals surface area contributed by atoms with Gasteiger partial charge in [-0.05, 0) is 44.5 Å². The summed E-state index contributed by atoms with van der Waals surface area (Å²) >= 11 is 12.1. The molecule has 1 nitrogen and oxygen atoms in total. The highest BCUT2D eigenvalue weighted by Gasteiger charge is 2.20. The molecule has 1 N–H and O–H groups in total. The van der Waals surface area contributed by atoms with Crippen molar-refractivity contribution in [2.45, 2.75) is 90.5 Å². The summed E-state index contributed by atoms with van der Waals surface area (Å²) in [4.78, 5) is 0. The molecule has 0 saturated heterocycles. The predicted molar refractivity (Wildman–Crippen MR) is 117 cm³/mol. The van der Waals surface area contributed by atoms with Crippen LogP contribution in [-0.2, 0) is 5.54 Å². The average Bonchev–Trinajstić information content (AvgIpc) is 2.55. The second kappa shape index (κ2) is 14.2. The molecule has 0 aliphatic carbocycles. The molecule has 25 heavy (non-hydrogen) atoms. The third kappa shape index (κ3) is 10.7. The van der Waals surface area contributed by atoms with Crippen molar-refractivity contribution >= 4 is 35.6 Å². The number of halogens is 3. The Morgan fingerprint density at radius 2 is 1.32 bits per heavy atom. The molecule has 0 amide bonds. The molecule has 0 fully saturated rings. The molecule has 0 bridgehead atoms. The molecule has 0 heterocycles. The molecule has 4 heteroatoms. The second-order valence-electron chi connectivity index (χ2n) is 7.36. The summed E-state index contributed by atoms with van der Waals surface area (Å²) in [5.74, 6) is 0. The number of nitrogens with one attached hydrogen (secondary N) is 1.